The van der Waals surface area contributed by atoms with E-state index in [1.165, 1.54) is 22.6 Å². The third kappa shape index (κ3) is 4.69. The van der Waals surface area contributed by atoms with Crippen molar-refractivity contribution in [3.05, 3.63) is 65.9 Å². The van der Waals surface area contributed by atoms with Crippen LogP contribution in [0.5, 0.6) is 0 Å². The maximum Gasteiger partial charge on any atom is 0.262 e. The summed E-state index contributed by atoms with van der Waals surface area (Å²) in [5, 5.41) is 3.02. The van der Waals surface area contributed by atoms with Crippen LogP contribution in [-0.2, 0) is 28.9 Å². The van der Waals surface area contributed by atoms with Crippen molar-refractivity contribution in [3.63, 3.8) is 0 Å². The molecular weight excluding hydrogens is 447 g/mol. The van der Waals surface area contributed by atoms with Crippen LogP contribution < -0.4 is 5.32 Å². The van der Waals surface area contributed by atoms with Gasteiger partial charge in [-0.25, -0.2) is 22.8 Å². The smallest absolute Gasteiger partial charge is 0.262 e. The van der Waals surface area contributed by atoms with Gasteiger partial charge in [-0.3, -0.25) is 4.79 Å². The highest BCUT2D eigenvalue weighted by atomic mass is 32.2. The number of carbonyl (C=O) groups is 1. The minimum Gasteiger partial charge on any atom is -0.342 e. The molecule has 1 unspecified atom stereocenters. The van der Waals surface area contributed by atoms with Gasteiger partial charge in [0.25, 0.3) is 10.0 Å². The first-order valence-electron chi connectivity index (χ1n) is 10.7. The summed E-state index contributed by atoms with van der Waals surface area (Å²) in [6, 6.07) is 5.44. The molecule has 1 N–H and O–H groups in total. The Hall–Kier alpha value is -3.05. The van der Waals surface area contributed by atoms with Crippen LogP contribution in [0.15, 0.2) is 47.9 Å². The summed E-state index contributed by atoms with van der Waals surface area (Å²) >= 11 is 0. The van der Waals surface area contributed by atoms with E-state index in [0.717, 1.165) is 0 Å². The van der Waals surface area contributed by atoms with Gasteiger partial charge in [-0.05, 0) is 37.5 Å². The molecule has 2 aromatic heterocycles. The molecule has 0 saturated carbocycles. The zero-order valence-corrected chi connectivity index (χ0v) is 19.6. The monoisotopic (exact) mass is 474 g/mol. The number of amides is 1. The van der Waals surface area contributed by atoms with Crippen molar-refractivity contribution in [2.24, 2.45) is 20.0 Å². The Morgan fingerprint density at radius 2 is 1.94 bits per heavy atom. The highest BCUT2D eigenvalue weighted by molar-refractivity contribution is 7.89. The lowest BCUT2D eigenvalue weighted by atomic mass is 9.96. The summed E-state index contributed by atoms with van der Waals surface area (Å²) in [7, 11) is -0.156. The average molecular weight is 475 g/mol. The van der Waals surface area contributed by atoms with Gasteiger partial charge in [0.1, 0.15) is 23.5 Å². The van der Waals surface area contributed by atoms with Crippen LogP contribution in [0.4, 0.5) is 4.39 Å². The van der Waals surface area contributed by atoms with E-state index >= 15 is 0 Å². The molecule has 0 spiro atoms. The molecule has 1 aliphatic heterocycles. The van der Waals surface area contributed by atoms with Gasteiger partial charge >= 0.3 is 0 Å². The van der Waals surface area contributed by atoms with Gasteiger partial charge < -0.3 is 14.5 Å². The molecule has 1 aliphatic rings. The minimum absolute atomic E-state index is 0.0198. The largest absolute Gasteiger partial charge is 0.342 e. The van der Waals surface area contributed by atoms with E-state index in [9.17, 15) is 17.6 Å². The highest BCUT2D eigenvalue weighted by Gasteiger charge is 2.34. The predicted octanol–water partition coefficient (Wildman–Crippen LogP) is 1.91. The molecule has 1 fully saturated rings. The molecule has 1 amide bonds. The van der Waals surface area contributed by atoms with Crippen molar-refractivity contribution in [3.8, 4) is 0 Å². The van der Waals surface area contributed by atoms with Gasteiger partial charge in [0, 0.05) is 51.7 Å². The van der Waals surface area contributed by atoms with Crippen molar-refractivity contribution < 1.29 is 17.6 Å². The lowest BCUT2D eigenvalue weighted by Gasteiger charge is -2.31. The maximum absolute atomic E-state index is 13.9. The van der Waals surface area contributed by atoms with Crippen LogP contribution in [0.1, 0.15) is 36.1 Å². The van der Waals surface area contributed by atoms with Gasteiger partial charge in [0.2, 0.25) is 5.91 Å². The molecule has 9 nitrogen and oxygen atoms in total. The number of hydrogen-bond donors (Lipinski definition) is 1. The number of hydrogen-bond acceptors (Lipinski definition) is 5. The third-order valence-electron chi connectivity index (χ3n) is 6.10. The fourth-order valence-corrected chi connectivity index (χ4v) is 5.53. The van der Waals surface area contributed by atoms with Gasteiger partial charge in [0.05, 0.1) is 0 Å². The van der Waals surface area contributed by atoms with Gasteiger partial charge in [0.15, 0.2) is 5.03 Å². The Morgan fingerprint density at radius 1 is 1.21 bits per heavy atom. The molecule has 33 heavy (non-hydrogen) atoms. The number of piperidine rings is 1. The zero-order valence-electron chi connectivity index (χ0n) is 18.8. The lowest BCUT2D eigenvalue weighted by Crippen LogP contribution is -2.44. The molecule has 1 atom stereocenters. The first kappa shape index (κ1) is 23.1. The van der Waals surface area contributed by atoms with E-state index in [2.05, 4.69) is 15.3 Å². The number of benzene rings is 1. The number of nitrogens with zero attached hydrogens (tertiary/aromatic N) is 5. The molecule has 3 heterocycles. The second kappa shape index (κ2) is 9.06. The third-order valence-corrected chi connectivity index (χ3v) is 7.87. The Bertz CT molecular complexity index is 1240. The van der Waals surface area contributed by atoms with Crippen molar-refractivity contribution in [1.82, 2.24) is 28.7 Å². The second-order valence-electron chi connectivity index (χ2n) is 8.31. The Labute approximate surface area is 192 Å². The number of aromatic nitrogens is 4. The van der Waals surface area contributed by atoms with E-state index in [4.69, 9.17) is 0 Å². The highest BCUT2D eigenvalue weighted by Crippen LogP contribution is 2.26. The van der Waals surface area contributed by atoms with Crippen LogP contribution in [0.3, 0.4) is 0 Å². The first-order valence-corrected chi connectivity index (χ1v) is 12.1. The van der Waals surface area contributed by atoms with Crippen LogP contribution in [0.2, 0.25) is 0 Å². The SMILES string of the molecule is Cc1nc(S(=O)(=O)N2CCC(C(=O)NC(c3cccc(F)c3)c3nccn3C)CC2)cn1C. The lowest BCUT2D eigenvalue weighted by molar-refractivity contribution is -0.126. The Morgan fingerprint density at radius 3 is 2.52 bits per heavy atom. The predicted molar refractivity (Wildman–Crippen MR) is 119 cm³/mol. The quantitative estimate of drug-likeness (QED) is 0.588. The fraction of sp³-hybridized carbons (Fsp3) is 0.409. The van der Waals surface area contributed by atoms with Crippen LogP contribution in [0, 0.1) is 18.7 Å². The molecule has 0 bridgehead atoms. The van der Waals surface area contributed by atoms with Gasteiger partial charge in [-0.15, -0.1) is 0 Å². The molecule has 1 aromatic carbocycles. The van der Waals surface area contributed by atoms with E-state index in [1.807, 2.05) is 7.05 Å². The summed E-state index contributed by atoms with van der Waals surface area (Å²) in [4.78, 5) is 21.6. The van der Waals surface area contributed by atoms with Crippen LogP contribution in [-0.4, -0.2) is 50.8 Å². The number of nitrogens with one attached hydrogen (secondary N) is 1. The molecule has 4 rings (SSSR count). The van der Waals surface area contributed by atoms with E-state index in [1.54, 1.807) is 47.6 Å². The summed E-state index contributed by atoms with van der Waals surface area (Å²) in [5.74, 6) is 0.223. The number of imidazole rings is 2. The molecule has 0 aliphatic carbocycles. The molecule has 176 valence electrons. The van der Waals surface area contributed by atoms with Crippen molar-refractivity contribution in [2.45, 2.75) is 30.8 Å². The van der Waals surface area contributed by atoms with Gasteiger partial charge in [-0.1, -0.05) is 12.1 Å². The van der Waals surface area contributed by atoms with Crippen molar-refractivity contribution in [1.29, 1.82) is 0 Å². The van der Waals surface area contributed by atoms with E-state index in [0.29, 0.717) is 30.1 Å². The van der Waals surface area contributed by atoms with Crippen molar-refractivity contribution in [2.75, 3.05) is 13.1 Å². The molecule has 1 saturated heterocycles. The summed E-state index contributed by atoms with van der Waals surface area (Å²) in [6.45, 7) is 2.19. The molecule has 0 radical (unpaired) electrons. The summed E-state index contributed by atoms with van der Waals surface area (Å²) in [6.07, 6.45) is 5.65. The average Bonchev–Trinajstić information content (AvgIpc) is 3.37. The Balaban J connectivity index is 1.47. The molecular formula is C22H27FN6O3S. The van der Waals surface area contributed by atoms with Gasteiger partial charge in [-0.2, -0.15) is 4.31 Å². The number of carbonyl (C=O) groups excluding carboxylic acids is 1. The van der Waals surface area contributed by atoms with Crippen LogP contribution in [0.25, 0.3) is 0 Å². The first-order chi connectivity index (χ1) is 15.7. The molecule has 11 heteroatoms. The number of aryl methyl sites for hydroxylation is 3. The number of sulfonamides is 1. The zero-order chi connectivity index (χ0) is 23.8. The van der Waals surface area contributed by atoms with E-state index < -0.39 is 21.9 Å². The topological polar surface area (TPSA) is 102 Å². The number of halogens is 1. The minimum atomic E-state index is -3.71. The summed E-state index contributed by atoms with van der Waals surface area (Å²) < 4.78 is 44.5. The van der Waals surface area contributed by atoms with E-state index in [-0.39, 0.29) is 29.9 Å². The standard InChI is InChI=1S/C22H27FN6O3S/c1-15-25-19(14-28(15)3)33(31,32)29-10-7-16(8-11-29)22(30)26-20(21-24-9-12-27(21)2)17-5-4-6-18(23)13-17/h4-6,9,12-14,16,20H,7-8,10-11H2,1-3H3,(H,26,30). The summed E-state index contributed by atoms with van der Waals surface area (Å²) in [5.41, 5.74) is 0.586. The van der Waals surface area contributed by atoms with Crippen molar-refractivity contribution >= 4 is 15.9 Å². The fourth-order valence-electron chi connectivity index (χ4n) is 4.04. The van der Waals surface area contributed by atoms with Crippen LogP contribution >= 0.6 is 0 Å². The Kier molecular flexibility index (Phi) is 6.35. The molecule has 3 aromatic rings. The second-order valence-corrected chi connectivity index (χ2v) is 10.2. The maximum atomic E-state index is 13.9. The normalized spacial score (nSPS) is 16.6. The number of rotatable bonds is 6.